The number of nitrogens with one attached hydrogen (secondary N) is 1. The lowest BCUT2D eigenvalue weighted by atomic mass is 9.62. The molecule has 1 aromatic carbocycles. The molecule has 2 amide bonds. The summed E-state index contributed by atoms with van der Waals surface area (Å²) in [6.07, 6.45) is 1.90. The molecule has 2 saturated heterocycles. The largest absolute Gasteiger partial charge is 0.306 e. The average Bonchev–Trinajstić information content (AvgIpc) is 2.41. The van der Waals surface area contributed by atoms with Crippen molar-refractivity contribution in [3.63, 3.8) is 0 Å². The Morgan fingerprint density at radius 1 is 1.29 bits per heavy atom. The molecule has 0 bridgehead atoms. The number of amides is 2. The van der Waals surface area contributed by atoms with Gasteiger partial charge in [-0.3, -0.25) is 14.9 Å². The van der Waals surface area contributed by atoms with Crippen molar-refractivity contribution in [2.24, 2.45) is 5.41 Å². The van der Waals surface area contributed by atoms with E-state index in [2.05, 4.69) is 10.2 Å². The van der Waals surface area contributed by atoms with E-state index in [-0.39, 0.29) is 23.0 Å². The summed E-state index contributed by atoms with van der Waals surface area (Å²) in [7, 11) is 2.04. The molecule has 1 unspecified atom stereocenters. The summed E-state index contributed by atoms with van der Waals surface area (Å²) in [4.78, 5) is 26.5. The molecule has 2 aliphatic rings. The van der Waals surface area contributed by atoms with Crippen molar-refractivity contribution >= 4 is 11.8 Å². The zero-order chi connectivity index (χ0) is 15.0. The van der Waals surface area contributed by atoms with Crippen LogP contribution in [0.3, 0.4) is 0 Å². The Morgan fingerprint density at radius 2 is 2.00 bits per heavy atom. The van der Waals surface area contributed by atoms with Crippen molar-refractivity contribution in [1.29, 1.82) is 0 Å². The maximum atomic E-state index is 13.5. The van der Waals surface area contributed by atoms with Gasteiger partial charge in [0.25, 0.3) is 0 Å². The number of benzene rings is 1. The van der Waals surface area contributed by atoms with E-state index in [9.17, 15) is 14.0 Å². The third-order valence-corrected chi connectivity index (χ3v) is 4.81. The van der Waals surface area contributed by atoms with E-state index in [1.807, 2.05) is 7.05 Å². The number of imide groups is 1. The van der Waals surface area contributed by atoms with Gasteiger partial charge < -0.3 is 4.90 Å². The van der Waals surface area contributed by atoms with Crippen molar-refractivity contribution in [2.75, 3.05) is 20.1 Å². The van der Waals surface area contributed by atoms with Gasteiger partial charge in [-0.2, -0.15) is 0 Å². The maximum absolute atomic E-state index is 13.5. The van der Waals surface area contributed by atoms with E-state index < -0.39 is 5.92 Å². The van der Waals surface area contributed by atoms with Crippen LogP contribution in [0, 0.1) is 11.2 Å². The molecule has 2 aliphatic heterocycles. The third kappa shape index (κ3) is 2.58. The topological polar surface area (TPSA) is 49.4 Å². The lowest BCUT2D eigenvalue weighted by Gasteiger charge is -2.47. The minimum atomic E-state index is -0.445. The van der Waals surface area contributed by atoms with Crippen molar-refractivity contribution in [2.45, 2.75) is 25.2 Å². The van der Waals surface area contributed by atoms with Crippen molar-refractivity contribution < 1.29 is 14.0 Å². The van der Waals surface area contributed by atoms with Crippen molar-refractivity contribution in [1.82, 2.24) is 10.2 Å². The number of carbonyl (C=O) groups excluding carboxylic acids is 2. The zero-order valence-electron chi connectivity index (χ0n) is 12.1. The van der Waals surface area contributed by atoms with E-state index in [1.165, 1.54) is 12.1 Å². The molecule has 2 fully saturated rings. The Kier molecular flexibility index (Phi) is 3.53. The maximum Gasteiger partial charge on any atom is 0.234 e. The van der Waals surface area contributed by atoms with Gasteiger partial charge >= 0.3 is 0 Å². The Bertz CT molecular complexity index is 579. The van der Waals surface area contributed by atoms with Gasteiger partial charge in [-0.05, 0) is 56.1 Å². The van der Waals surface area contributed by atoms with Crippen molar-refractivity contribution in [3.05, 3.63) is 35.6 Å². The highest BCUT2D eigenvalue weighted by Crippen LogP contribution is 2.49. The fraction of sp³-hybridized carbons (Fsp3) is 0.500. The third-order valence-electron chi connectivity index (χ3n) is 4.81. The highest BCUT2D eigenvalue weighted by Gasteiger charge is 2.50. The first-order valence-corrected chi connectivity index (χ1v) is 7.28. The summed E-state index contributed by atoms with van der Waals surface area (Å²) in [5.74, 6) is -1.29. The van der Waals surface area contributed by atoms with Crippen LogP contribution in [0.2, 0.25) is 0 Å². The van der Waals surface area contributed by atoms with Gasteiger partial charge in [0.2, 0.25) is 11.8 Å². The minimum Gasteiger partial charge on any atom is -0.306 e. The molecule has 4 nitrogen and oxygen atoms in total. The summed E-state index contributed by atoms with van der Waals surface area (Å²) in [5, 5.41) is 2.42. The second kappa shape index (κ2) is 5.22. The summed E-state index contributed by atoms with van der Waals surface area (Å²) in [6, 6.07) is 6.19. The van der Waals surface area contributed by atoms with Gasteiger partial charge in [0.15, 0.2) is 0 Å². The number of likely N-dealkylation sites (tertiary alicyclic amines) is 1. The molecule has 1 aromatic rings. The lowest BCUT2D eigenvalue weighted by Crippen LogP contribution is -2.54. The van der Waals surface area contributed by atoms with E-state index in [1.54, 1.807) is 12.1 Å². The Balaban J connectivity index is 2.01. The first-order chi connectivity index (χ1) is 10.00. The van der Waals surface area contributed by atoms with Crippen LogP contribution in [0.1, 0.15) is 30.7 Å². The Hall–Kier alpha value is -1.75. The molecule has 5 heteroatoms. The van der Waals surface area contributed by atoms with Gasteiger partial charge in [0.1, 0.15) is 5.82 Å². The first-order valence-electron chi connectivity index (χ1n) is 7.28. The van der Waals surface area contributed by atoms with Crippen LogP contribution in [0.15, 0.2) is 24.3 Å². The van der Waals surface area contributed by atoms with E-state index in [4.69, 9.17) is 0 Å². The number of hydrogen-bond acceptors (Lipinski definition) is 3. The zero-order valence-corrected chi connectivity index (χ0v) is 12.1. The predicted molar refractivity (Wildman–Crippen MR) is 76.1 cm³/mol. The highest BCUT2D eigenvalue weighted by molar-refractivity contribution is 6.02. The molecule has 21 heavy (non-hydrogen) atoms. The molecular weight excluding hydrogens is 271 g/mol. The Labute approximate surface area is 123 Å². The summed E-state index contributed by atoms with van der Waals surface area (Å²) >= 11 is 0. The molecule has 0 radical (unpaired) electrons. The number of piperidine rings is 2. The molecule has 0 aliphatic carbocycles. The molecule has 0 saturated carbocycles. The summed E-state index contributed by atoms with van der Waals surface area (Å²) in [6.45, 7) is 1.71. The molecular formula is C16H19FN2O2. The molecule has 3 rings (SSSR count). The van der Waals surface area contributed by atoms with Crippen LogP contribution in [0.5, 0.6) is 0 Å². The number of rotatable bonds is 1. The smallest absolute Gasteiger partial charge is 0.234 e. The monoisotopic (exact) mass is 290 g/mol. The number of halogens is 1. The lowest BCUT2D eigenvalue weighted by molar-refractivity contribution is -0.141. The first kappa shape index (κ1) is 14.2. The fourth-order valence-corrected chi connectivity index (χ4v) is 3.67. The average molecular weight is 290 g/mol. The van der Waals surface area contributed by atoms with Crippen LogP contribution in [0.25, 0.3) is 0 Å². The quantitative estimate of drug-likeness (QED) is 0.800. The molecule has 112 valence electrons. The van der Waals surface area contributed by atoms with Crippen LogP contribution in [0.4, 0.5) is 4.39 Å². The summed E-state index contributed by atoms with van der Waals surface area (Å²) in [5.41, 5.74) is 0.296. The van der Waals surface area contributed by atoms with Gasteiger partial charge in [-0.15, -0.1) is 0 Å². The fourth-order valence-electron chi connectivity index (χ4n) is 3.67. The highest BCUT2D eigenvalue weighted by atomic mass is 19.1. The second-order valence-electron chi connectivity index (χ2n) is 6.24. The van der Waals surface area contributed by atoms with Crippen LogP contribution in [-0.4, -0.2) is 36.9 Å². The number of hydrogen-bond donors (Lipinski definition) is 1. The van der Waals surface area contributed by atoms with E-state index in [0.29, 0.717) is 12.0 Å². The molecule has 1 spiro atoms. The van der Waals surface area contributed by atoms with Crippen molar-refractivity contribution in [3.8, 4) is 0 Å². The minimum absolute atomic E-state index is 0.211. The van der Waals surface area contributed by atoms with Gasteiger partial charge in [-0.1, -0.05) is 12.1 Å². The van der Waals surface area contributed by atoms with Gasteiger partial charge in [0.05, 0.1) is 5.92 Å². The second-order valence-corrected chi connectivity index (χ2v) is 6.24. The molecule has 0 aromatic heterocycles. The Morgan fingerprint density at radius 3 is 2.67 bits per heavy atom. The van der Waals surface area contributed by atoms with Gasteiger partial charge in [-0.25, -0.2) is 4.39 Å². The van der Waals surface area contributed by atoms with Gasteiger partial charge in [0, 0.05) is 6.42 Å². The number of carbonyl (C=O) groups is 2. The van der Waals surface area contributed by atoms with E-state index in [0.717, 1.165) is 25.9 Å². The van der Waals surface area contributed by atoms with Crippen LogP contribution in [-0.2, 0) is 9.59 Å². The van der Waals surface area contributed by atoms with Crippen LogP contribution < -0.4 is 5.32 Å². The number of nitrogens with zero attached hydrogens (tertiary/aromatic N) is 1. The molecule has 1 N–H and O–H groups in total. The standard InChI is InChI=1S/C16H19FN2O2/c1-19-7-5-16(6-8-19)10-13(20)18-15(21)14(16)11-3-2-4-12(17)9-11/h2-4,9,14H,5-8,10H2,1H3,(H,18,20,21). The molecule has 1 atom stereocenters. The SMILES string of the molecule is CN1CCC2(CC1)CC(=O)NC(=O)C2c1cccc(F)c1. The normalized spacial score (nSPS) is 25.9. The van der Waals surface area contributed by atoms with E-state index >= 15 is 0 Å². The summed E-state index contributed by atoms with van der Waals surface area (Å²) < 4.78 is 13.5. The predicted octanol–water partition coefficient (Wildman–Crippen LogP) is 1.67. The van der Waals surface area contributed by atoms with Crippen LogP contribution >= 0.6 is 0 Å². The molecule has 2 heterocycles.